The van der Waals surface area contributed by atoms with Crippen LogP contribution in [-0.4, -0.2) is 34.3 Å². The van der Waals surface area contributed by atoms with E-state index in [-0.39, 0.29) is 5.56 Å². The first kappa shape index (κ1) is 17.4. The van der Waals surface area contributed by atoms with Gasteiger partial charge in [-0.3, -0.25) is 10.1 Å². The van der Waals surface area contributed by atoms with Crippen molar-refractivity contribution >= 4 is 29.2 Å². The number of imide groups is 1. The molecule has 26 heavy (non-hydrogen) atoms. The van der Waals surface area contributed by atoms with Crippen molar-refractivity contribution in [3.05, 3.63) is 59.6 Å². The minimum atomic E-state index is -1.01. The summed E-state index contributed by atoms with van der Waals surface area (Å²) in [6.07, 6.45) is 1.54. The number of nitrogens with zero attached hydrogens (tertiary/aromatic N) is 2. The Morgan fingerprint density at radius 1 is 1.15 bits per heavy atom. The summed E-state index contributed by atoms with van der Waals surface area (Å²) in [5.41, 5.74) is 6.28. The monoisotopic (exact) mass is 370 g/mol. The lowest BCUT2D eigenvalue weighted by molar-refractivity contribution is -0.123. The Kier molecular flexibility index (Phi) is 5.09. The van der Waals surface area contributed by atoms with Crippen LogP contribution in [0.5, 0.6) is 0 Å². The maximum atomic E-state index is 12.4. The standard InChI is InChI=1S/C17H14N4O4S/c18-17(24)19-14(22)10-25-16(23)12-9-21(11-5-2-1-3-6-11)20-15(12)13-7-4-8-26-13/h1-9H,10H2,(H3,18,19,22,24). The largest absolute Gasteiger partial charge is 0.452 e. The Labute approximate surface area is 152 Å². The van der Waals surface area contributed by atoms with E-state index in [1.54, 1.807) is 10.9 Å². The molecular formula is C17H14N4O4S. The number of carbonyl (C=O) groups is 3. The Morgan fingerprint density at radius 2 is 1.92 bits per heavy atom. The number of carbonyl (C=O) groups excluding carboxylic acids is 3. The van der Waals surface area contributed by atoms with Gasteiger partial charge in [-0.1, -0.05) is 24.3 Å². The number of hydrogen-bond donors (Lipinski definition) is 2. The van der Waals surface area contributed by atoms with Gasteiger partial charge in [-0.25, -0.2) is 14.3 Å². The number of aromatic nitrogens is 2. The van der Waals surface area contributed by atoms with Crippen molar-refractivity contribution in [2.24, 2.45) is 5.73 Å². The molecule has 3 aromatic rings. The van der Waals surface area contributed by atoms with Crippen LogP contribution in [0.4, 0.5) is 4.79 Å². The maximum Gasteiger partial charge on any atom is 0.342 e. The number of para-hydroxylation sites is 1. The molecule has 9 heteroatoms. The van der Waals surface area contributed by atoms with Crippen LogP contribution >= 0.6 is 11.3 Å². The van der Waals surface area contributed by atoms with E-state index in [0.29, 0.717) is 5.69 Å². The lowest BCUT2D eigenvalue weighted by Gasteiger charge is -2.03. The molecule has 0 aliphatic rings. The first-order chi connectivity index (χ1) is 12.5. The van der Waals surface area contributed by atoms with Gasteiger partial charge in [0.15, 0.2) is 6.61 Å². The molecule has 1 aromatic carbocycles. The van der Waals surface area contributed by atoms with Crippen LogP contribution in [0.25, 0.3) is 16.3 Å². The number of primary amides is 1. The Hall–Kier alpha value is -3.46. The predicted octanol–water partition coefficient (Wildman–Crippen LogP) is 1.95. The van der Waals surface area contributed by atoms with Crippen molar-refractivity contribution in [3.8, 4) is 16.3 Å². The van der Waals surface area contributed by atoms with Crippen molar-refractivity contribution in [1.29, 1.82) is 0 Å². The van der Waals surface area contributed by atoms with Crippen LogP contribution in [-0.2, 0) is 9.53 Å². The molecule has 0 radical (unpaired) electrons. The van der Waals surface area contributed by atoms with E-state index < -0.39 is 24.5 Å². The highest BCUT2D eigenvalue weighted by atomic mass is 32.1. The average Bonchev–Trinajstić information content (AvgIpc) is 3.29. The fourth-order valence-corrected chi connectivity index (χ4v) is 2.94. The summed E-state index contributed by atoms with van der Waals surface area (Å²) in [5.74, 6) is -1.53. The van der Waals surface area contributed by atoms with Crippen LogP contribution in [0.3, 0.4) is 0 Å². The zero-order chi connectivity index (χ0) is 18.5. The second-order valence-corrected chi connectivity index (χ2v) is 6.09. The molecule has 3 N–H and O–H groups in total. The third-order valence-electron chi connectivity index (χ3n) is 3.31. The number of benzene rings is 1. The number of thiophene rings is 1. The fraction of sp³-hybridized carbons (Fsp3) is 0.0588. The summed E-state index contributed by atoms with van der Waals surface area (Å²) < 4.78 is 6.54. The zero-order valence-electron chi connectivity index (χ0n) is 13.4. The molecule has 0 bridgehead atoms. The number of nitrogens with two attached hydrogens (primary N) is 1. The predicted molar refractivity (Wildman–Crippen MR) is 94.9 cm³/mol. The lowest BCUT2D eigenvalue weighted by Crippen LogP contribution is -2.37. The van der Waals surface area contributed by atoms with Gasteiger partial charge in [0.2, 0.25) is 0 Å². The van der Waals surface area contributed by atoms with E-state index in [0.717, 1.165) is 10.6 Å². The molecular weight excluding hydrogens is 356 g/mol. The van der Waals surface area contributed by atoms with Crippen molar-refractivity contribution in [2.45, 2.75) is 0 Å². The van der Waals surface area contributed by atoms with Crippen LogP contribution in [0.1, 0.15) is 10.4 Å². The van der Waals surface area contributed by atoms with Gasteiger partial charge in [0, 0.05) is 6.20 Å². The van der Waals surface area contributed by atoms with Gasteiger partial charge in [0.05, 0.1) is 10.6 Å². The van der Waals surface area contributed by atoms with E-state index in [2.05, 4.69) is 5.10 Å². The molecule has 2 heterocycles. The Morgan fingerprint density at radius 3 is 2.58 bits per heavy atom. The zero-order valence-corrected chi connectivity index (χ0v) is 14.2. The van der Waals surface area contributed by atoms with Crippen molar-refractivity contribution in [3.63, 3.8) is 0 Å². The number of urea groups is 1. The van der Waals surface area contributed by atoms with Gasteiger partial charge in [-0.15, -0.1) is 11.3 Å². The third kappa shape index (κ3) is 3.95. The minimum absolute atomic E-state index is 0.211. The summed E-state index contributed by atoms with van der Waals surface area (Å²) in [7, 11) is 0. The molecule has 8 nitrogen and oxygen atoms in total. The average molecular weight is 370 g/mol. The molecule has 132 valence electrons. The smallest absolute Gasteiger partial charge is 0.342 e. The van der Waals surface area contributed by atoms with Crippen molar-refractivity contribution < 1.29 is 19.1 Å². The summed E-state index contributed by atoms with van der Waals surface area (Å²) in [6.45, 7) is -0.623. The Balaban J connectivity index is 1.87. The first-order valence-electron chi connectivity index (χ1n) is 7.50. The molecule has 0 saturated carbocycles. The van der Waals surface area contributed by atoms with Gasteiger partial charge in [-0.05, 0) is 23.6 Å². The number of esters is 1. The molecule has 0 spiro atoms. The molecule has 2 aromatic heterocycles. The van der Waals surface area contributed by atoms with E-state index in [1.165, 1.54) is 11.3 Å². The maximum absolute atomic E-state index is 12.4. The van der Waals surface area contributed by atoms with Crippen molar-refractivity contribution in [2.75, 3.05) is 6.61 Å². The van der Waals surface area contributed by atoms with Crippen LogP contribution in [0.15, 0.2) is 54.0 Å². The SMILES string of the molecule is NC(=O)NC(=O)COC(=O)c1cn(-c2ccccc2)nc1-c1cccs1. The van der Waals surface area contributed by atoms with Crippen LogP contribution < -0.4 is 11.1 Å². The summed E-state index contributed by atoms with van der Waals surface area (Å²) in [4.78, 5) is 35.3. The van der Waals surface area contributed by atoms with Crippen LogP contribution in [0, 0.1) is 0 Å². The second-order valence-electron chi connectivity index (χ2n) is 5.14. The minimum Gasteiger partial charge on any atom is -0.452 e. The molecule has 0 atom stereocenters. The van der Waals surface area contributed by atoms with E-state index in [4.69, 9.17) is 10.5 Å². The van der Waals surface area contributed by atoms with Gasteiger partial charge in [0.25, 0.3) is 5.91 Å². The number of nitrogens with one attached hydrogen (secondary N) is 1. The molecule has 0 aliphatic heterocycles. The number of rotatable bonds is 5. The molecule has 0 saturated heterocycles. The van der Waals surface area contributed by atoms with Gasteiger partial charge < -0.3 is 10.5 Å². The fourth-order valence-electron chi connectivity index (χ4n) is 2.21. The van der Waals surface area contributed by atoms with Crippen molar-refractivity contribution in [1.82, 2.24) is 15.1 Å². The molecule has 0 aliphatic carbocycles. The highest BCUT2D eigenvalue weighted by Crippen LogP contribution is 2.28. The first-order valence-corrected chi connectivity index (χ1v) is 8.38. The second kappa shape index (κ2) is 7.62. The highest BCUT2D eigenvalue weighted by molar-refractivity contribution is 7.13. The van der Waals surface area contributed by atoms with E-state index in [1.807, 2.05) is 53.2 Å². The number of hydrogen-bond acceptors (Lipinski definition) is 6. The quantitative estimate of drug-likeness (QED) is 0.666. The Bertz CT molecular complexity index is 935. The molecule has 0 fully saturated rings. The summed E-state index contributed by atoms with van der Waals surface area (Å²) in [6, 6.07) is 11.9. The molecule has 3 amide bonds. The summed E-state index contributed by atoms with van der Waals surface area (Å²) >= 11 is 1.42. The van der Waals surface area contributed by atoms with Gasteiger partial charge >= 0.3 is 12.0 Å². The summed E-state index contributed by atoms with van der Waals surface area (Å²) in [5, 5.41) is 8.17. The van der Waals surface area contributed by atoms with Gasteiger partial charge in [-0.2, -0.15) is 5.10 Å². The molecule has 0 unspecified atom stereocenters. The van der Waals surface area contributed by atoms with E-state index >= 15 is 0 Å². The molecule has 3 rings (SSSR count). The number of ether oxygens (including phenoxy) is 1. The van der Waals surface area contributed by atoms with Crippen LogP contribution in [0.2, 0.25) is 0 Å². The highest BCUT2D eigenvalue weighted by Gasteiger charge is 2.21. The normalized spacial score (nSPS) is 10.3. The topological polar surface area (TPSA) is 116 Å². The van der Waals surface area contributed by atoms with Gasteiger partial charge in [0.1, 0.15) is 11.3 Å². The third-order valence-corrected chi connectivity index (χ3v) is 4.18. The van der Waals surface area contributed by atoms with E-state index in [9.17, 15) is 14.4 Å². The lowest BCUT2D eigenvalue weighted by atomic mass is 10.2. The number of amides is 3.